The molecule has 0 amide bonds. The largest absolute Gasteiger partial charge is 0.369 e. The summed E-state index contributed by atoms with van der Waals surface area (Å²) >= 11 is 3.56. The van der Waals surface area contributed by atoms with Gasteiger partial charge in [-0.25, -0.2) is 19.3 Å². The average molecular weight is 353 g/mol. The molecule has 21 heavy (non-hydrogen) atoms. The number of nitrogens with zero attached hydrogens (tertiary/aromatic N) is 3. The maximum absolute atomic E-state index is 13.0. The predicted molar refractivity (Wildman–Crippen MR) is 85.7 cm³/mol. The lowest BCUT2D eigenvalue weighted by Crippen LogP contribution is -2.08. The molecule has 0 aliphatic carbocycles. The second-order valence-corrected chi connectivity index (χ2v) is 5.49. The summed E-state index contributed by atoms with van der Waals surface area (Å²) in [5.74, 6) is 0.908. The van der Waals surface area contributed by atoms with Gasteiger partial charge in [0.15, 0.2) is 5.82 Å². The zero-order valence-electron chi connectivity index (χ0n) is 12.2. The summed E-state index contributed by atoms with van der Waals surface area (Å²) in [6.45, 7) is 5.03. The van der Waals surface area contributed by atoms with E-state index in [1.807, 2.05) is 0 Å². The van der Waals surface area contributed by atoms with Crippen LogP contribution in [0.2, 0.25) is 0 Å². The Labute approximate surface area is 132 Å². The van der Waals surface area contributed by atoms with Crippen molar-refractivity contribution in [1.82, 2.24) is 15.0 Å². The fourth-order valence-corrected chi connectivity index (χ4v) is 2.39. The van der Waals surface area contributed by atoms with E-state index in [9.17, 15) is 4.39 Å². The maximum Gasteiger partial charge on any atom is 0.180 e. The van der Waals surface area contributed by atoms with Gasteiger partial charge in [0.1, 0.15) is 17.3 Å². The number of hydrogen-bond donors (Lipinski definition) is 1. The van der Waals surface area contributed by atoms with Crippen molar-refractivity contribution >= 4 is 21.7 Å². The van der Waals surface area contributed by atoms with Crippen LogP contribution >= 0.6 is 15.9 Å². The summed E-state index contributed by atoms with van der Waals surface area (Å²) in [5.41, 5.74) is 1.51. The van der Waals surface area contributed by atoms with Crippen molar-refractivity contribution in [3.8, 4) is 11.5 Å². The lowest BCUT2D eigenvalue weighted by molar-refractivity contribution is 0.621. The standard InChI is InChI=1S/C15H18BrFN4/c1-3-5-11-13(16)15(18-8-4-2)21-14(20-11)12-7-6-10(17)9-19-12/h6-7,9H,3-5,8H2,1-2H3,(H,18,20,21). The van der Waals surface area contributed by atoms with Crippen LogP contribution in [0.3, 0.4) is 0 Å². The molecule has 4 nitrogen and oxygen atoms in total. The van der Waals surface area contributed by atoms with Crippen LogP contribution in [-0.4, -0.2) is 21.5 Å². The first kappa shape index (κ1) is 15.8. The van der Waals surface area contributed by atoms with Crippen molar-refractivity contribution in [3.63, 3.8) is 0 Å². The van der Waals surface area contributed by atoms with Gasteiger partial charge in [0.25, 0.3) is 0 Å². The summed E-state index contributed by atoms with van der Waals surface area (Å²) in [4.78, 5) is 13.1. The monoisotopic (exact) mass is 352 g/mol. The van der Waals surface area contributed by atoms with Crippen LogP contribution in [0.4, 0.5) is 10.2 Å². The molecule has 0 aliphatic heterocycles. The van der Waals surface area contributed by atoms with Gasteiger partial charge in [-0.3, -0.25) is 0 Å². The van der Waals surface area contributed by atoms with E-state index >= 15 is 0 Å². The smallest absolute Gasteiger partial charge is 0.180 e. The maximum atomic E-state index is 13.0. The summed E-state index contributed by atoms with van der Waals surface area (Å²) in [7, 11) is 0. The van der Waals surface area contributed by atoms with Crippen LogP contribution in [0.15, 0.2) is 22.8 Å². The van der Waals surface area contributed by atoms with E-state index in [-0.39, 0.29) is 5.82 Å². The van der Waals surface area contributed by atoms with E-state index in [4.69, 9.17) is 0 Å². The number of halogens is 2. The highest BCUT2D eigenvalue weighted by atomic mass is 79.9. The van der Waals surface area contributed by atoms with Crippen molar-refractivity contribution in [3.05, 3.63) is 34.3 Å². The highest BCUT2D eigenvalue weighted by Crippen LogP contribution is 2.27. The Kier molecular flexibility index (Phi) is 5.61. The number of pyridine rings is 1. The van der Waals surface area contributed by atoms with Crippen LogP contribution in [0.5, 0.6) is 0 Å². The number of rotatable bonds is 6. The molecule has 0 atom stereocenters. The highest BCUT2D eigenvalue weighted by molar-refractivity contribution is 9.10. The summed E-state index contributed by atoms with van der Waals surface area (Å²) in [5, 5.41) is 3.28. The zero-order valence-corrected chi connectivity index (χ0v) is 13.7. The predicted octanol–water partition coefficient (Wildman–Crippen LogP) is 4.21. The minimum atomic E-state index is -0.367. The molecule has 0 radical (unpaired) electrons. The molecule has 2 aromatic heterocycles. The van der Waals surface area contributed by atoms with Crippen LogP contribution in [-0.2, 0) is 6.42 Å². The Morgan fingerprint density at radius 1 is 1.19 bits per heavy atom. The number of anilines is 1. The molecule has 6 heteroatoms. The van der Waals surface area contributed by atoms with Crippen molar-refractivity contribution < 1.29 is 4.39 Å². The number of hydrogen-bond acceptors (Lipinski definition) is 4. The van der Waals surface area contributed by atoms with E-state index in [0.717, 1.165) is 41.8 Å². The fraction of sp³-hybridized carbons (Fsp3) is 0.400. The highest BCUT2D eigenvalue weighted by Gasteiger charge is 2.13. The van der Waals surface area contributed by atoms with Gasteiger partial charge < -0.3 is 5.32 Å². The molecule has 2 rings (SSSR count). The van der Waals surface area contributed by atoms with Gasteiger partial charge in [-0.1, -0.05) is 20.3 Å². The summed E-state index contributed by atoms with van der Waals surface area (Å²) < 4.78 is 13.9. The number of aromatic nitrogens is 3. The third kappa shape index (κ3) is 3.97. The molecule has 0 saturated heterocycles. The molecule has 0 aliphatic rings. The molecule has 0 saturated carbocycles. The lowest BCUT2D eigenvalue weighted by atomic mass is 10.2. The third-order valence-corrected chi connectivity index (χ3v) is 3.74. The quantitative estimate of drug-likeness (QED) is 0.845. The van der Waals surface area contributed by atoms with Gasteiger partial charge in [0.2, 0.25) is 0 Å². The van der Waals surface area contributed by atoms with Crippen molar-refractivity contribution in [2.75, 3.05) is 11.9 Å². The second kappa shape index (κ2) is 7.45. The number of aryl methyl sites for hydroxylation is 1. The first-order chi connectivity index (χ1) is 10.2. The van der Waals surface area contributed by atoms with Crippen molar-refractivity contribution in [2.45, 2.75) is 33.1 Å². The summed E-state index contributed by atoms with van der Waals surface area (Å²) in [6.07, 6.45) is 4.01. The van der Waals surface area contributed by atoms with E-state index in [0.29, 0.717) is 11.5 Å². The van der Waals surface area contributed by atoms with Crippen molar-refractivity contribution in [1.29, 1.82) is 0 Å². The molecule has 0 unspecified atom stereocenters. The van der Waals surface area contributed by atoms with E-state index in [1.54, 1.807) is 6.07 Å². The normalized spacial score (nSPS) is 10.7. The first-order valence-electron chi connectivity index (χ1n) is 7.07. The van der Waals surface area contributed by atoms with Gasteiger partial charge >= 0.3 is 0 Å². The molecule has 0 bridgehead atoms. The fourth-order valence-electron chi connectivity index (χ4n) is 1.88. The topological polar surface area (TPSA) is 50.7 Å². The Morgan fingerprint density at radius 3 is 2.62 bits per heavy atom. The SMILES string of the molecule is CCCNc1nc(-c2ccc(F)cn2)nc(CCC)c1Br. The molecule has 1 N–H and O–H groups in total. The van der Waals surface area contributed by atoms with Crippen molar-refractivity contribution in [2.24, 2.45) is 0 Å². The Bertz CT molecular complexity index is 601. The van der Waals surface area contributed by atoms with Gasteiger partial charge in [0.05, 0.1) is 16.4 Å². The molecule has 0 spiro atoms. The van der Waals surface area contributed by atoms with E-state index in [1.165, 1.54) is 12.3 Å². The molecule has 0 fully saturated rings. The minimum Gasteiger partial charge on any atom is -0.369 e. The molecular formula is C15H18BrFN4. The summed E-state index contributed by atoms with van der Waals surface area (Å²) in [6, 6.07) is 2.96. The van der Waals surface area contributed by atoms with Gasteiger partial charge in [-0.05, 0) is 40.9 Å². The van der Waals surface area contributed by atoms with Gasteiger partial charge in [-0.2, -0.15) is 0 Å². The van der Waals surface area contributed by atoms with E-state index < -0.39 is 0 Å². The minimum absolute atomic E-state index is 0.367. The van der Waals surface area contributed by atoms with Crippen LogP contribution < -0.4 is 5.32 Å². The lowest BCUT2D eigenvalue weighted by Gasteiger charge is -2.12. The molecule has 0 aromatic carbocycles. The Hall–Kier alpha value is -1.56. The van der Waals surface area contributed by atoms with Crippen LogP contribution in [0, 0.1) is 5.82 Å². The van der Waals surface area contributed by atoms with Gasteiger partial charge in [0, 0.05) is 6.54 Å². The molecule has 2 aromatic rings. The molecular weight excluding hydrogens is 335 g/mol. The zero-order chi connectivity index (χ0) is 15.2. The number of nitrogens with one attached hydrogen (secondary N) is 1. The van der Waals surface area contributed by atoms with Crippen LogP contribution in [0.25, 0.3) is 11.5 Å². The average Bonchev–Trinajstić information content (AvgIpc) is 2.49. The van der Waals surface area contributed by atoms with Gasteiger partial charge in [-0.15, -0.1) is 0 Å². The molecule has 112 valence electrons. The Balaban J connectivity index is 2.44. The molecule has 2 heterocycles. The Morgan fingerprint density at radius 2 is 2.00 bits per heavy atom. The van der Waals surface area contributed by atoms with E-state index in [2.05, 4.69) is 50.0 Å². The van der Waals surface area contributed by atoms with Crippen LogP contribution in [0.1, 0.15) is 32.4 Å². The first-order valence-corrected chi connectivity index (χ1v) is 7.87. The third-order valence-electron chi connectivity index (χ3n) is 2.91. The second-order valence-electron chi connectivity index (χ2n) is 4.69.